The van der Waals surface area contributed by atoms with Gasteiger partial charge in [-0.1, -0.05) is 13.8 Å². The van der Waals surface area contributed by atoms with Gasteiger partial charge in [0, 0.05) is 11.6 Å². The normalized spacial score (nSPS) is 11.6. The van der Waals surface area contributed by atoms with E-state index in [1.165, 1.54) is 0 Å². The lowest BCUT2D eigenvalue weighted by Crippen LogP contribution is -2.42. The first kappa shape index (κ1) is 15.0. The van der Waals surface area contributed by atoms with E-state index in [0.717, 1.165) is 22.9 Å². The Morgan fingerprint density at radius 3 is 2.29 bits per heavy atom. The lowest BCUT2D eigenvalue weighted by molar-refractivity contribution is -0.148. The van der Waals surface area contributed by atoms with Crippen molar-refractivity contribution in [2.45, 2.75) is 32.2 Å². The van der Waals surface area contributed by atoms with E-state index < -0.39 is 23.1 Å². The molecule has 0 aliphatic heterocycles. The summed E-state index contributed by atoms with van der Waals surface area (Å²) in [7, 11) is 0. The molecule has 0 aliphatic carbocycles. The third-order valence-corrected chi connectivity index (χ3v) is 3.56. The Morgan fingerprint density at radius 1 is 1.24 bits per heavy atom. The summed E-state index contributed by atoms with van der Waals surface area (Å²) in [5.41, 5.74) is -1.27. The highest BCUT2D eigenvalue weighted by molar-refractivity contribution is 5.77. The van der Waals surface area contributed by atoms with Crippen LogP contribution in [0.3, 0.4) is 0 Å². The van der Waals surface area contributed by atoms with Gasteiger partial charge < -0.3 is 5.11 Å². The molecule has 1 heterocycles. The molecule has 0 spiro atoms. The number of hydrogen-bond acceptors (Lipinski definition) is 4. The molecule has 2 aromatic rings. The van der Waals surface area contributed by atoms with Crippen molar-refractivity contribution in [3.63, 3.8) is 0 Å². The molecule has 0 fully saturated rings. The maximum absolute atomic E-state index is 13.3. The van der Waals surface area contributed by atoms with Crippen molar-refractivity contribution in [2.75, 3.05) is 0 Å². The van der Waals surface area contributed by atoms with Crippen LogP contribution in [-0.2, 0) is 10.3 Å². The Hall–Kier alpha value is -2.38. The van der Waals surface area contributed by atoms with E-state index in [-0.39, 0.29) is 24.2 Å². The molecule has 112 valence electrons. The third-order valence-electron chi connectivity index (χ3n) is 3.56. The van der Waals surface area contributed by atoms with Crippen LogP contribution < -0.4 is 0 Å². The number of carboxylic acid groups (broad SMARTS) is 1. The maximum Gasteiger partial charge on any atom is 0.331 e. The molecule has 0 unspecified atom stereocenters. The molecule has 8 heteroatoms. The van der Waals surface area contributed by atoms with Crippen LogP contribution in [0.15, 0.2) is 18.2 Å². The van der Waals surface area contributed by atoms with Crippen molar-refractivity contribution >= 4 is 5.97 Å². The largest absolute Gasteiger partial charge is 0.479 e. The van der Waals surface area contributed by atoms with Crippen molar-refractivity contribution in [1.82, 2.24) is 20.2 Å². The molecule has 1 N–H and O–H groups in total. The zero-order chi connectivity index (χ0) is 15.6. The van der Waals surface area contributed by atoms with Crippen LogP contribution in [0.1, 0.15) is 26.7 Å². The third kappa shape index (κ3) is 2.48. The van der Waals surface area contributed by atoms with Gasteiger partial charge in [-0.15, -0.1) is 5.10 Å². The second-order valence-corrected chi connectivity index (χ2v) is 4.62. The van der Waals surface area contributed by atoms with Gasteiger partial charge in [0.2, 0.25) is 0 Å². The summed E-state index contributed by atoms with van der Waals surface area (Å²) in [4.78, 5) is 11.6. The van der Waals surface area contributed by atoms with Crippen LogP contribution in [0.5, 0.6) is 0 Å². The SMILES string of the molecule is CCC(CC)(C(=O)O)n1nnnc1-c1cc(F)cc(F)c1. The number of hydrogen-bond donors (Lipinski definition) is 1. The predicted octanol–water partition coefficient (Wildman–Crippen LogP) is 2.22. The van der Waals surface area contributed by atoms with Gasteiger partial charge in [-0.05, 0) is 35.4 Å². The number of benzene rings is 1. The van der Waals surface area contributed by atoms with Crippen LogP contribution in [0, 0.1) is 11.6 Å². The molecule has 0 amide bonds. The van der Waals surface area contributed by atoms with Crippen LogP contribution in [-0.4, -0.2) is 31.3 Å². The van der Waals surface area contributed by atoms with Crippen LogP contribution >= 0.6 is 0 Å². The monoisotopic (exact) mass is 296 g/mol. The van der Waals surface area contributed by atoms with Gasteiger partial charge in [-0.3, -0.25) is 0 Å². The Balaban J connectivity index is 2.64. The fourth-order valence-corrected chi connectivity index (χ4v) is 2.28. The summed E-state index contributed by atoms with van der Waals surface area (Å²) in [5, 5.41) is 20.4. The molecule has 0 saturated carbocycles. The fraction of sp³-hybridized carbons (Fsp3) is 0.385. The van der Waals surface area contributed by atoms with Crippen molar-refractivity contribution < 1.29 is 18.7 Å². The molecule has 21 heavy (non-hydrogen) atoms. The lowest BCUT2D eigenvalue weighted by Gasteiger charge is -2.27. The quantitative estimate of drug-likeness (QED) is 0.915. The summed E-state index contributed by atoms with van der Waals surface area (Å²) in [6.07, 6.45) is 0.462. The van der Waals surface area contributed by atoms with E-state index in [4.69, 9.17) is 0 Å². The first-order valence-corrected chi connectivity index (χ1v) is 6.43. The van der Waals surface area contributed by atoms with Crippen molar-refractivity contribution in [2.24, 2.45) is 0 Å². The van der Waals surface area contributed by atoms with E-state index in [2.05, 4.69) is 15.5 Å². The maximum atomic E-state index is 13.3. The molecule has 0 bridgehead atoms. The van der Waals surface area contributed by atoms with Crippen LogP contribution in [0.2, 0.25) is 0 Å². The van der Waals surface area contributed by atoms with Crippen molar-refractivity contribution in [3.05, 3.63) is 29.8 Å². The molecule has 2 rings (SSSR count). The van der Waals surface area contributed by atoms with Gasteiger partial charge in [-0.25, -0.2) is 18.3 Å². The highest BCUT2D eigenvalue weighted by Gasteiger charge is 2.40. The van der Waals surface area contributed by atoms with E-state index in [0.29, 0.717) is 0 Å². The van der Waals surface area contributed by atoms with Crippen LogP contribution in [0.4, 0.5) is 8.78 Å². The second kappa shape index (κ2) is 5.55. The number of aliphatic carboxylic acids is 1. The molecule has 0 radical (unpaired) electrons. The second-order valence-electron chi connectivity index (χ2n) is 4.62. The van der Waals surface area contributed by atoms with E-state index in [9.17, 15) is 18.7 Å². The fourth-order valence-electron chi connectivity index (χ4n) is 2.28. The number of nitrogens with zero attached hydrogens (tertiary/aromatic N) is 4. The van der Waals surface area contributed by atoms with E-state index in [1.807, 2.05) is 0 Å². The molecular weight excluding hydrogens is 282 g/mol. The minimum Gasteiger partial charge on any atom is -0.479 e. The van der Waals surface area contributed by atoms with Gasteiger partial charge in [0.25, 0.3) is 0 Å². The molecule has 0 saturated heterocycles. The number of carboxylic acids is 1. The number of halogens is 2. The minimum atomic E-state index is -1.36. The Morgan fingerprint density at radius 2 is 1.81 bits per heavy atom. The summed E-state index contributed by atoms with van der Waals surface area (Å²) in [6, 6.07) is 2.84. The predicted molar refractivity (Wildman–Crippen MR) is 69.4 cm³/mol. The molecule has 0 aliphatic rings. The summed E-state index contributed by atoms with van der Waals surface area (Å²) in [6.45, 7) is 3.38. The number of tetrazole rings is 1. The number of rotatable bonds is 5. The minimum absolute atomic E-state index is 0.0134. The Bertz CT molecular complexity index is 648. The van der Waals surface area contributed by atoms with Crippen molar-refractivity contribution in [3.8, 4) is 11.4 Å². The van der Waals surface area contributed by atoms with E-state index >= 15 is 0 Å². The first-order chi connectivity index (χ1) is 9.94. The average molecular weight is 296 g/mol. The first-order valence-electron chi connectivity index (χ1n) is 6.43. The molecule has 1 aromatic carbocycles. The molecule has 6 nitrogen and oxygen atoms in total. The molecule has 0 atom stereocenters. The number of aromatic nitrogens is 4. The standard InChI is InChI=1S/C13H14F2N4O2/c1-3-13(4-2,12(20)21)19-11(16-17-18-19)8-5-9(14)7-10(15)6-8/h5-7H,3-4H2,1-2H3,(H,20,21). The zero-order valence-electron chi connectivity index (χ0n) is 11.5. The highest BCUT2D eigenvalue weighted by Crippen LogP contribution is 2.30. The molecule has 1 aromatic heterocycles. The van der Waals surface area contributed by atoms with Gasteiger partial charge in [0.15, 0.2) is 11.4 Å². The average Bonchev–Trinajstić information content (AvgIpc) is 2.89. The Kier molecular flexibility index (Phi) is 3.97. The Labute approximate surface area is 119 Å². The van der Waals surface area contributed by atoms with Gasteiger partial charge in [0.1, 0.15) is 11.6 Å². The molecular formula is C13H14F2N4O2. The summed E-state index contributed by atoms with van der Waals surface area (Å²) < 4.78 is 27.8. The summed E-state index contributed by atoms with van der Waals surface area (Å²) >= 11 is 0. The summed E-state index contributed by atoms with van der Waals surface area (Å²) in [5.74, 6) is -2.65. The van der Waals surface area contributed by atoms with Crippen molar-refractivity contribution in [1.29, 1.82) is 0 Å². The zero-order valence-corrected chi connectivity index (χ0v) is 11.5. The van der Waals surface area contributed by atoms with Gasteiger partial charge in [0.05, 0.1) is 0 Å². The number of carbonyl (C=O) groups is 1. The van der Waals surface area contributed by atoms with E-state index in [1.54, 1.807) is 13.8 Å². The lowest BCUT2D eigenvalue weighted by atomic mass is 9.92. The topological polar surface area (TPSA) is 80.9 Å². The van der Waals surface area contributed by atoms with Gasteiger partial charge in [-0.2, -0.15) is 0 Å². The highest BCUT2D eigenvalue weighted by atomic mass is 19.1. The smallest absolute Gasteiger partial charge is 0.331 e. The van der Waals surface area contributed by atoms with Crippen LogP contribution in [0.25, 0.3) is 11.4 Å². The van der Waals surface area contributed by atoms with Gasteiger partial charge >= 0.3 is 5.97 Å².